The van der Waals surface area contributed by atoms with Crippen LogP contribution in [0.4, 0.5) is 5.69 Å². The van der Waals surface area contributed by atoms with Crippen molar-refractivity contribution in [3.63, 3.8) is 0 Å². The molecule has 15 heavy (non-hydrogen) atoms. The van der Waals surface area contributed by atoms with Crippen LogP contribution >= 0.6 is 12.2 Å². The Bertz CT molecular complexity index is 306. The van der Waals surface area contributed by atoms with E-state index in [1.54, 1.807) is 0 Å². The summed E-state index contributed by atoms with van der Waals surface area (Å²) in [4.78, 5) is 0.557. The zero-order chi connectivity index (χ0) is 10.6. The second kappa shape index (κ2) is 7.82. The van der Waals surface area contributed by atoms with Crippen molar-refractivity contribution in [2.24, 2.45) is 5.92 Å². The van der Waals surface area contributed by atoms with Crippen molar-refractivity contribution in [3.8, 4) is 0 Å². The summed E-state index contributed by atoms with van der Waals surface area (Å²) in [6, 6.07) is 8.32. The molecule has 0 radical (unpaired) electrons. The molecule has 3 heteroatoms. The van der Waals surface area contributed by atoms with Gasteiger partial charge in [-0.25, -0.2) is 0 Å². The van der Waals surface area contributed by atoms with Gasteiger partial charge in [0.05, 0.1) is 0 Å². The van der Waals surface area contributed by atoms with Crippen molar-refractivity contribution in [1.82, 2.24) is 0 Å². The molecule has 1 nitrogen and oxygen atoms in total. The molecule has 1 rings (SSSR count). The second-order valence-electron chi connectivity index (χ2n) is 3.84. The Morgan fingerprint density at radius 3 is 2.27 bits per heavy atom. The van der Waals surface area contributed by atoms with E-state index in [9.17, 15) is 0 Å². The summed E-state index contributed by atoms with van der Waals surface area (Å²) in [5.41, 5.74) is 2.37. The molecule has 0 aromatic heterocycles. The fraction of sp³-hybridized carbons (Fsp3) is 0.333. The van der Waals surface area contributed by atoms with Crippen LogP contribution in [0.15, 0.2) is 24.3 Å². The average molecular weight is 245 g/mol. The Morgan fingerprint density at radius 2 is 1.87 bits per heavy atom. The number of thiocarbonyl (C=S) groups is 1. The van der Waals surface area contributed by atoms with E-state index in [0.29, 0.717) is 10.9 Å². The van der Waals surface area contributed by atoms with Crippen molar-refractivity contribution in [2.75, 3.05) is 5.32 Å². The number of benzene rings is 1. The van der Waals surface area contributed by atoms with Crippen molar-refractivity contribution in [1.29, 1.82) is 0 Å². The number of anilines is 1. The molecule has 0 bridgehead atoms. The van der Waals surface area contributed by atoms with Gasteiger partial charge in [0.2, 0.25) is 0 Å². The van der Waals surface area contributed by atoms with E-state index in [4.69, 9.17) is 12.2 Å². The fourth-order valence-electron chi connectivity index (χ4n) is 1.36. The third-order valence-electron chi connectivity index (χ3n) is 1.88. The zero-order valence-electron chi connectivity index (χ0n) is 9.71. The van der Waals surface area contributed by atoms with Crippen LogP contribution in [-0.4, -0.2) is 4.99 Å². The summed E-state index contributed by atoms with van der Waals surface area (Å²) in [5, 5.41) is 3.01. The first kappa shape index (κ1) is 15.6. The van der Waals surface area contributed by atoms with Crippen LogP contribution in [0.3, 0.4) is 0 Å². The van der Waals surface area contributed by atoms with Crippen LogP contribution in [0.5, 0.6) is 0 Å². The molecule has 0 fully saturated rings. The van der Waals surface area contributed by atoms with E-state index < -0.39 is 0 Å². The van der Waals surface area contributed by atoms with E-state index in [2.05, 4.69) is 38.2 Å². The van der Waals surface area contributed by atoms with Gasteiger partial charge in [-0.3, -0.25) is 0 Å². The van der Waals surface area contributed by atoms with Gasteiger partial charge in [0.15, 0.2) is 0 Å². The molecule has 76 valence electrons. The third-order valence-corrected chi connectivity index (χ3v) is 1.98. The molecule has 1 aromatic rings. The van der Waals surface area contributed by atoms with Crippen LogP contribution < -0.4 is 56.7 Å². The van der Waals surface area contributed by atoms with Gasteiger partial charge in [-0.15, -0.1) is 12.2 Å². The Hall–Kier alpha value is 0.616. The molecule has 0 aliphatic rings. The third kappa shape index (κ3) is 6.71. The van der Waals surface area contributed by atoms with Crippen molar-refractivity contribution in [3.05, 3.63) is 36.8 Å². The minimum atomic E-state index is 0. The largest absolute Gasteiger partial charge is 1.00 e. The van der Waals surface area contributed by atoms with E-state index in [1.807, 2.05) is 12.1 Å². The topological polar surface area (TPSA) is 12.0 Å². The summed E-state index contributed by atoms with van der Waals surface area (Å²) in [6.07, 6.45) is 1.12. The summed E-state index contributed by atoms with van der Waals surface area (Å²) in [6.45, 7) is 8.06. The predicted octanol–water partition coefficient (Wildman–Crippen LogP) is 0.462. The zero-order valence-corrected chi connectivity index (χ0v) is 13.6. The van der Waals surface area contributed by atoms with Crippen molar-refractivity contribution in [2.45, 2.75) is 20.3 Å². The normalized spacial score (nSPS) is 9.53. The molecule has 1 aromatic carbocycles. The number of hydrogen-bond acceptors (Lipinski definition) is 1. The quantitative estimate of drug-likeness (QED) is 0.472. The molecule has 0 unspecified atom stereocenters. The van der Waals surface area contributed by atoms with E-state index in [-0.39, 0.29) is 51.4 Å². The Labute approximate surface area is 140 Å². The summed E-state index contributed by atoms with van der Waals surface area (Å²) in [7, 11) is 0. The van der Waals surface area contributed by atoms with Crippen LogP contribution in [0, 0.1) is 12.8 Å². The van der Waals surface area contributed by atoms with Gasteiger partial charge in [0.25, 0.3) is 0 Å². The van der Waals surface area contributed by atoms with Gasteiger partial charge in [-0.05, 0) is 30.0 Å². The van der Waals surface area contributed by atoms with Crippen LogP contribution in [-0.2, 0) is 6.42 Å². The Morgan fingerprint density at radius 1 is 1.33 bits per heavy atom. The molecular weight excluding hydrogens is 229 g/mol. The summed E-state index contributed by atoms with van der Waals surface area (Å²) < 4.78 is 0. The van der Waals surface area contributed by atoms with Gasteiger partial charge in [-0.1, -0.05) is 31.0 Å². The molecule has 0 saturated carbocycles. The minimum absolute atomic E-state index is 0. The average Bonchev–Trinajstić information content (AvgIpc) is 2.06. The smallest absolute Gasteiger partial charge is 0.377 e. The summed E-state index contributed by atoms with van der Waals surface area (Å²) >= 11 is 4.86. The number of hydrogen-bond donors (Lipinski definition) is 1. The predicted molar refractivity (Wildman–Crippen MR) is 66.6 cm³/mol. The van der Waals surface area contributed by atoms with Gasteiger partial charge >= 0.3 is 51.4 Å². The first-order chi connectivity index (χ1) is 6.58. The Kier molecular flexibility index (Phi) is 8.14. The standard InChI is InChI=1S/C12H16NS.K/c1-9(2)8-11-4-6-12(7-5-11)13-10(3)14;/h4-7,9H,3,8H2,1-2H3,(H,13,14);/q-1;+1. The monoisotopic (exact) mass is 245 g/mol. The first-order valence-corrected chi connectivity index (χ1v) is 5.20. The fourth-order valence-corrected chi connectivity index (χ4v) is 1.47. The van der Waals surface area contributed by atoms with Crippen LogP contribution in [0.25, 0.3) is 0 Å². The van der Waals surface area contributed by atoms with Crippen LogP contribution in [0.2, 0.25) is 0 Å². The van der Waals surface area contributed by atoms with Gasteiger partial charge in [-0.2, -0.15) is 0 Å². The molecule has 0 amide bonds. The second-order valence-corrected chi connectivity index (χ2v) is 4.34. The van der Waals surface area contributed by atoms with E-state index in [0.717, 1.165) is 12.1 Å². The SMILES string of the molecule is [CH2-]C(=S)Nc1ccc(CC(C)C)cc1.[K+]. The molecule has 0 atom stereocenters. The molecule has 0 spiro atoms. The molecular formula is C12H16KNS. The maximum Gasteiger partial charge on any atom is 1.00 e. The molecule has 1 N–H and O–H groups in total. The number of rotatable bonds is 3. The van der Waals surface area contributed by atoms with Gasteiger partial charge < -0.3 is 12.2 Å². The van der Waals surface area contributed by atoms with Crippen molar-refractivity contribution < 1.29 is 51.4 Å². The van der Waals surface area contributed by atoms with Gasteiger partial charge in [0.1, 0.15) is 0 Å². The summed E-state index contributed by atoms with van der Waals surface area (Å²) in [5.74, 6) is 0.697. The number of nitrogens with one attached hydrogen (secondary N) is 1. The molecule has 0 aliphatic carbocycles. The maximum atomic E-state index is 4.86. The van der Waals surface area contributed by atoms with E-state index >= 15 is 0 Å². The maximum absolute atomic E-state index is 4.86. The van der Waals surface area contributed by atoms with Crippen LogP contribution in [0.1, 0.15) is 19.4 Å². The minimum Gasteiger partial charge on any atom is -0.377 e. The first-order valence-electron chi connectivity index (χ1n) is 4.80. The molecule has 0 saturated heterocycles. The van der Waals surface area contributed by atoms with Crippen molar-refractivity contribution >= 4 is 22.9 Å². The van der Waals surface area contributed by atoms with Gasteiger partial charge in [0, 0.05) is 5.69 Å². The molecule has 0 aliphatic heterocycles. The molecule has 0 heterocycles. The van der Waals surface area contributed by atoms with E-state index in [1.165, 1.54) is 5.56 Å². The Balaban J connectivity index is 0.00000196.